The second-order valence-corrected chi connectivity index (χ2v) is 7.89. The Hall–Kier alpha value is -3.01. The molecule has 0 aromatic heterocycles. The third kappa shape index (κ3) is 5.78. The Kier molecular flexibility index (Phi) is 7.56. The van der Waals surface area contributed by atoms with Crippen LogP contribution in [0.25, 0.3) is 0 Å². The van der Waals surface area contributed by atoms with E-state index in [4.69, 9.17) is 14.7 Å². The van der Waals surface area contributed by atoms with Crippen LogP contribution in [-0.4, -0.2) is 12.6 Å². The summed E-state index contributed by atoms with van der Waals surface area (Å²) < 4.78 is 52.3. The first-order valence-corrected chi connectivity index (χ1v) is 10.4. The molecule has 2 aromatic carbocycles. The Labute approximate surface area is 179 Å². The molecule has 164 valence electrons. The van der Waals surface area contributed by atoms with Crippen LogP contribution in [0.3, 0.4) is 0 Å². The van der Waals surface area contributed by atoms with Crippen molar-refractivity contribution in [1.82, 2.24) is 0 Å². The van der Waals surface area contributed by atoms with E-state index in [1.807, 2.05) is 0 Å². The quantitative estimate of drug-likeness (QED) is 0.388. The standard InChI is InChI=1S/C24H24F3NO3/c1-2-3-15-4-6-16(7-5-15)14-30-17-8-9-19(21(25)10-17)24(29)31-18-11-22(26)20(13-28)23(27)12-18/h8-12,15-16H,2-7,14H2,1H3/t15-,16-. The molecule has 4 nitrogen and oxygen atoms in total. The summed E-state index contributed by atoms with van der Waals surface area (Å²) in [5.74, 6) is -3.23. The zero-order valence-corrected chi connectivity index (χ0v) is 17.3. The van der Waals surface area contributed by atoms with Crippen LogP contribution in [0.2, 0.25) is 0 Å². The van der Waals surface area contributed by atoms with Gasteiger partial charge in [-0.3, -0.25) is 0 Å². The average Bonchev–Trinajstić information content (AvgIpc) is 2.73. The number of rotatable bonds is 7. The van der Waals surface area contributed by atoms with Crippen molar-refractivity contribution in [2.75, 3.05) is 6.61 Å². The van der Waals surface area contributed by atoms with Gasteiger partial charge < -0.3 is 9.47 Å². The summed E-state index contributed by atoms with van der Waals surface area (Å²) in [5.41, 5.74) is -1.18. The highest BCUT2D eigenvalue weighted by Gasteiger charge is 2.22. The Morgan fingerprint density at radius 3 is 2.19 bits per heavy atom. The Bertz CT molecular complexity index is 956. The molecule has 1 aliphatic rings. The number of halogens is 3. The second kappa shape index (κ2) is 10.3. The predicted octanol–water partition coefficient (Wildman–Crippen LogP) is 6.18. The van der Waals surface area contributed by atoms with Crippen molar-refractivity contribution in [3.8, 4) is 17.6 Å². The number of hydrogen-bond acceptors (Lipinski definition) is 4. The van der Waals surface area contributed by atoms with Gasteiger partial charge >= 0.3 is 5.97 Å². The van der Waals surface area contributed by atoms with E-state index in [1.165, 1.54) is 43.9 Å². The molecular weight excluding hydrogens is 407 g/mol. The first-order valence-electron chi connectivity index (χ1n) is 10.4. The zero-order chi connectivity index (χ0) is 22.4. The minimum atomic E-state index is -1.17. The molecule has 0 aliphatic heterocycles. The highest BCUT2D eigenvalue weighted by molar-refractivity contribution is 5.91. The number of nitriles is 1. The lowest BCUT2D eigenvalue weighted by molar-refractivity contribution is 0.0729. The number of benzene rings is 2. The van der Waals surface area contributed by atoms with Crippen LogP contribution < -0.4 is 9.47 Å². The molecule has 0 N–H and O–H groups in total. The molecule has 1 aliphatic carbocycles. The molecule has 0 spiro atoms. The Morgan fingerprint density at radius 2 is 1.61 bits per heavy atom. The SMILES string of the molecule is CCC[C@H]1CC[C@H](COc2ccc(C(=O)Oc3cc(F)c(C#N)c(F)c3)c(F)c2)CC1. The molecule has 0 amide bonds. The summed E-state index contributed by atoms with van der Waals surface area (Å²) in [7, 11) is 0. The van der Waals surface area contributed by atoms with E-state index in [2.05, 4.69) is 6.92 Å². The summed E-state index contributed by atoms with van der Waals surface area (Å²) in [6.45, 7) is 2.69. The van der Waals surface area contributed by atoms with Crippen LogP contribution in [0.5, 0.6) is 11.5 Å². The number of hydrogen-bond donors (Lipinski definition) is 0. The van der Waals surface area contributed by atoms with E-state index in [-0.39, 0.29) is 0 Å². The van der Waals surface area contributed by atoms with Crippen LogP contribution in [-0.2, 0) is 0 Å². The zero-order valence-electron chi connectivity index (χ0n) is 17.3. The van der Waals surface area contributed by atoms with Gasteiger partial charge in [0.15, 0.2) is 0 Å². The topological polar surface area (TPSA) is 59.3 Å². The third-order valence-corrected chi connectivity index (χ3v) is 5.65. The summed E-state index contributed by atoms with van der Waals surface area (Å²) >= 11 is 0. The number of carbonyl (C=O) groups excluding carboxylic acids is 1. The van der Waals surface area contributed by atoms with Crippen molar-refractivity contribution in [2.24, 2.45) is 11.8 Å². The molecule has 1 saturated carbocycles. The minimum Gasteiger partial charge on any atom is -0.493 e. The molecular formula is C24H24F3NO3. The van der Waals surface area contributed by atoms with Crippen molar-refractivity contribution in [1.29, 1.82) is 5.26 Å². The molecule has 0 atom stereocenters. The average molecular weight is 431 g/mol. The van der Waals surface area contributed by atoms with Crippen molar-refractivity contribution >= 4 is 5.97 Å². The number of esters is 1. The van der Waals surface area contributed by atoms with Crippen molar-refractivity contribution < 1.29 is 27.4 Å². The van der Waals surface area contributed by atoms with Gasteiger partial charge in [-0.1, -0.05) is 32.6 Å². The third-order valence-electron chi connectivity index (χ3n) is 5.65. The van der Waals surface area contributed by atoms with Gasteiger partial charge in [-0.15, -0.1) is 0 Å². The lowest BCUT2D eigenvalue weighted by Gasteiger charge is -2.28. The summed E-state index contributed by atoms with van der Waals surface area (Å²) in [4.78, 5) is 12.2. The normalized spacial score (nSPS) is 18.3. The lowest BCUT2D eigenvalue weighted by Crippen LogP contribution is -2.20. The van der Waals surface area contributed by atoms with Crippen LogP contribution in [0.15, 0.2) is 30.3 Å². The number of carbonyl (C=O) groups is 1. The number of ether oxygens (including phenoxy) is 2. The molecule has 0 heterocycles. The van der Waals surface area contributed by atoms with Crippen molar-refractivity contribution in [2.45, 2.75) is 45.4 Å². The summed E-state index contributed by atoms with van der Waals surface area (Å²) in [6, 6.07) is 6.53. The van der Waals surface area contributed by atoms with E-state index in [1.54, 1.807) is 0 Å². The maximum atomic E-state index is 14.4. The van der Waals surface area contributed by atoms with Crippen LogP contribution in [0.4, 0.5) is 13.2 Å². The monoisotopic (exact) mass is 431 g/mol. The molecule has 31 heavy (non-hydrogen) atoms. The second-order valence-electron chi connectivity index (χ2n) is 7.89. The van der Waals surface area contributed by atoms with Crippen molar-refractivity contribution in [3.63, 3.8) is 0 Å². The summed E-state index contributed by atoms with van der Waals surface area (Å²) in [6.07, 6.45) is 7.03. The van der Waals surface area contributed by atoms with Gasteiger partial charge in [0.25, 0.3) is 0 Å². The molecule has 0 bridgehead atoms. The van der Waals surface area contributed by atoms with E-state index in [0.717, 1.165) is 24.8 Å². The van der Waals surface area contributed by atoms with Crippen LogP contribution in [0, 0.1) is 40.6 Å². The smallest absolute Gasteiger partial charge is 0.346 e. The number of nitrogens with zero attached hydrogens (tertiary/aromatic N) is 1. The Morgan fingerprint density at radius 1 is 1.00 bits per heavy atom. The van der Waals surface area contributed by atoms with E-state index < -0.39 is 40.3 Å². The maximum Gasteiger partial charge on any atom is 0.346 e. The molecule has 0 unspecified atom stereocenters. The molecule has 0 saturated heterocycles. The van der Waals surface area contributed by atoms with E-state index >= 15 is 0 Å². The van der Waals surface area contributed by atoms with Crippen molar-refractivity contribution in [3.05, 3.63) is 58.9 Å². The first-order chi connectivity index (χ1) is 14.9. The largest absolute Gasteiger partial charge is 0.493 e. The lowest BCUT2D eigenvalue weighted by atomic mass is 9.80. The minimum absolute atomic E-state index is 0.306. The van der Waals surface area contributed by atoms with Gasteiger partial charge in [0.2, 0.25) is 0 Å². The molecule has 2 aromatic rings. The fraction of sp³-hybridized carbons (Fsp3) is 0.417. The van der Waals surface area contributed by atoms with Crippen LogP contribution >= 0.6 is 0 Å². The van der Waals surface area contributed by atoms with Gasteiger partial charge in [0.1, 0.15) is 40.6 Å². The van der Waals surface area contributed by atoms with E-state index in [9.17, 15) is 18.0 Å². The van der Waals surface area contributed by atoms with Gasteiger partial charge in [-0.05, 0) is 36.8 Å². The molecule has 0 radical (unpaired) electrons. The predicted molar refractivity (Wildman–Crippen MR) is 108 cm³/mol. The fourth-order valence-electron chi connectivity index (χ4n) is 3.94. The fourth-order valence-corrected chi connectivity index (χ4v) is 3.94. The Balaban J connectivity index is 1.58. The van der Waals surface area contributed by atoms with Gasteiger partial charge in [-0.2, -0.15) is 5.26 Å². The highest BCUT2D eigenvalue weighted by Crippen LogP contribution is 2.32. The van der Waals surface area contributed by atoms with Crippen LogP contribution in [0.1, 0.15) is 61.4 Å². The van der Waals surface area contributed by atoms with Gasteiger partial charge in [-0.25, -0.2) is 18.0 Å². The molecule has 1 fully saturated rings. The van der Waals surface area contributed by atoms with Gasteiger partial charge in [0, 0.05) is 18.2 Å². The summed E-state index contributed by atoms with van der Waals surface area (Å²) in [5, 5.41) is 8.67. The maximum absolute atomic E-state index is 14.4. The van der Waals surface area contributed by atoms with E-state index in [0.29, 0.717) is 30.4 Å². The first kappa shape index (κ1) is 22.7. The highest BCUT2D eigenvalue weighted by atomic mass is 19.1. The van der Waals surface area contributed by atoms with Gasteiger partial charge in [0.05, 0.1) is 12.2 Å². The molecule has 7 heteroatoms. The molecule has 3 rings (SSSR count).